The maximum Gasteiger partial charge on any atom is 0.152 e. The molecule has 1 aliphatic heterocycles. The molecule has 1 N–H and O–H groups in total. The molecule has 1 aromatic rings. The highest BCUT2D eigenvalue weighted by Crippen LogP contribution is 2.24. The Morgan fingerprint density at radius 3 is 2.75 bits per heavy atom. The second-order valence-electron chi connectivity index (χ2n) is 4.45. The topological polar surface area (TPSA) is 15.3 Å². The van der Waals surface area contributed by atoms with Crippen LogP contribution in [-0.4, -0.2) is 31.1 Å². The molecule has 0 aromatic heterocycles. The van der Waals surface area contributed by atoms with E-state index < -0.39 is 11.6 Å². The van der Waals surface area contributed by atoms with Gasteiger partial charge >= 0.3 is 0 Å². The maximum absolute atomic E-state index is 13.7. The molecule has 1 aromatic carbocycles. The highest BCUT2D eigenvalue weighted by atomic mass is 19.1. The molecule has 0 bridgehead atoms. The average Bonchev–Trinajstić information content (AvgIpc) is 2.65. The van der Waals surface area contributed by atoms with Crippen molar-refractivity contribution >= 4 is 5.69 Å². The number of benzene rings is 1. The second-order valence-corrected chi connectivity index (χ2v) is 4.45. The zero-order valence-electron chi connectivity index (χ0n) is 9.56. The van der Waals surface area contributed by atoms with Gasteiger partial charge in [-0.1, -0.05) is 6.07 Å². The van der Waals surface area contributed by atoms with E-state index in [-0.39, 0.29) is 11.7 Å². The summed E-state index contributed by atoms with van der Waals surface area (Å²) in [6.45, 7) is 3.43. The highest BCUT2D eigenvalue weighted by Gasteiger charge is 2.22. The lowest BCUT2D eigenvalue weighted by Gasteiger charge is -2.16. The Morgan fingerprint density at radius 1 is 1.38 bits per heavy atom. The van der Waals surface area contributed by atoms with Crippen LogP contribution in [0.25, 0.3) is 0 Å². The van der Waals surface area contributed by atoms with E-state index in [4.69, 9.17) is 0 Å². The SMILES string of the molecule is Cc1ccc(F)c(NC2CCN(C)C2)c1F. The molecule has 0 spiro atoms. The van der Waals surface area contributed by atoms with E-state index in [0.717, 1.165) is 19.5 Å². The van der Waals surface area contributed by atoms with Gasteiger partial charge in [0.25, 0.3) is 0 Å². The third-order valence-corrected chi connectivity index (χ3v) is 3.02. The molecular formula is C12H16F2N2. The molecule has 2 nitrogen and oxygen atoms in total. The van der Waals surface area contributed by atoms with Crippen molar-refractivity contribution in [3.05, 3.63) is 29.3 Å². The zero-order chi connectivity index (χ0) is 11.7. The summed E-state index contributed by atoms with van der Waals surface area (Å²) in [5.74, 6) is -0.993. The Labute approximate surface area is 94.3 Å². The quantitative estimate of drug-likeness (QED) is 0.833. The molecule has 1 heterocycles. The van der Waals surface area contributed by atoms with Gasteiger partial charge in [0.05, 0.1) is 0 Å². The van der Waals surface area contributed by atoms with Crippen LogP contribution in [0.3, 0.4) is 0 Å². The molecule has 0 aliphatic carbocycles. The Bertz CT molecular complexity index is 393. The maximum atomic E-state index is 13.7. The van der Waals surface area contributed by atoms with Gasteiger partial charge in [0.15, 0.2) is 5.82 Å². The van der Waals surface area contributed by atoms with Gasteiger partial charge in [0.2, 0.25) is 0 Å². The summed E-state index contributed by atoms with van der Waals surface area (Å²) in [4.78, 5) is 2.14. The number of aryl methyl sites for hydroxylation is 1. The first-order chi connectivity index (χ1) is 7.58. The number of nitrogens with one attached hydrogen (secondary N) is 1. The fourth-order valence-corrected chi connectivity index (χ4v) is 2.05. The second kappa shape index (κ2) is 4.37. The van der Waals surface area contributed by atoms with E-state index in [9.17, 15) is 8.78 Å². The summed E-state index contributed by atoms with van der Waals surface area (Å²) < 4.78 is 27.2. The molecular weight excluding hydrogens is 210 g/mol. The first-order valence-corrected chi connectivity index (χ1v) is 5.47. The molecule has 1 fully saturated rings. The average molecular weight is 226 g/mol. The summed E-state index contributed by atoms with van der Waals surface area (Å²) in [6, 6.07) is 2.89. The minimum atomic E-state index is -0.516. The summed E-state index contributed by atoms with van der Waals surface area (Å²) >= 11 is 0. The molecule has 0 saturated carbocycles. The Kier molecular flexibility index (Phi) is 3.10. The summed E-state index contributed by atoms with van der Waals surface area (Å²) in [7, 11) is 2.00. The fourth-order valence-electron chi connectivity index (χ4n) is 2.05. The van der Waals surface area contributed by atoms with Crippen LogP contribution >= 0.6 is 0 Å². The number of nitrogens with zero attached hydrogens (tertiary/aromatic N) is 1. The third kappa shape index (κ3) is 2.16. The Balaban J connectivity index is 2.18. The van der Waals surface area contributed by atoms with Crippen LogP contribution in [0.2, 0.25) is 0 Å². The molecule has 4 heteroatoms. The number of rotatable bonds is 2. The third-order valence-electron chi connectivity index (χ3n) is 3.02. The van der Waals surface area contributed by atoms with Gasteiger partial charge < -0.3 is 10.2 Å². The predicted molar refractivity (Wildman–Crippen MR) is 60.6 cm³/mol. The minimum absolute atomic E-state index is 0.0142. The number of halogens is 2. The van der Waals surface area contributed by atoms with Crippen LogP contribution < -0.4 is 5.32 Å². The lowest BCUT2D eigenvalue weighted by molar-refractivity contribution is 0.413. The number of likely N-dealkylation sites (N-methyl/N-ethyl adjacent to an activating group) is 1. The highest BCUT2D eigenvalue weighted by molar-refractivity contribution is 5.49. The molecule has 2 rings (SSSR count). The summed E-state index contributed by atoms with van der Waals surface area (Å²) in [5.41, 5.74) is 0.482. The predicted octanol–water partition coefficient (Wildman–Crippen LogP) is 2.39. The van der Waals surface area contributed by atoms with E-state index in [2.05, 4.69) is 10.2 Å². The van der Waals surface area contributed by atoms with Crippen molar-refractivity contribution < 1.29 is 8.78 Å². The van der Waals surface area contributed by atoms with Gasteiger partial charge in [-0.05, 0) is 38.6 Å². The fraction of sp³-hybridized carbons (Fsp3) is 0.500. The van der Waals surface area contributed by atoms with E-state index in [1.807, 2.05) is 7.05 Å². The molecule has 88 valence electrons. The van der Waals surface area contributed by atoms with Gasteiger partial charge in [-0.3, -0.25) is 0 Å². The molecule has 16 heavy (non-hydrogen) atoms. The van der Waals surface area contributed by atoms with Crippen molar-refractivity contribution in [2.75, 3.05) is 25.5 Å². The normalized spacial score (nSPS) is 21.4. The van der Waals surface area contributed by atoms with Crippen LogP contribution in [0.4, 0.5) is 14.5 Å². The number of hydrogen-bond donors (Lipinski definition) is 1. The number of anilines is 1. The van der Waals surface area contributed by atoms with Gasteiger partial charge in [-0.15, -0.1) is 0 Å². The molecule has 0 radical (unpaired) electrons. The first-order valence-electron chi connectivity index (χ1n) is 5.47. The Hall–Kier alpha value is -1.16. The summed E-state index contributed by atoms with van der Waals surface area (Å²) in [6.07, 6.45) is 0.920. The molecule has 0 amide bonds. The minimum Gasteiger partial charge on any atom is -0.376 e. The van der Waals surface area contributed by atoms with E-state index >= 15 is 0 Å². The van der Waals surface area contributed by atoms with Gasteiger partial charge in [-0.25, -0.2) is 8.78 Å². The molecule has 1 atom stereocenters. The van der Waals surface area contributed by atoms with Gasteiger partial charge in [0.1, 0.15) is 11.5 Å². The smallest absolute Gasteiger partial charge is 0.152 e. The molecule has 1 aliphatic rings. The van der Waals surface area contributed by atoms with Crippen LogP contribution in [-0.2, 0) is 0 Å². The Morgan fingerprint density at radius 2 is 2.12 bits per heavy atom. The zero-order valence-corrected chi connectivity index (χ0v) is 9.56. The molecule has 1 unspecified atom stereocenters. The van der Waals surface area contributed by atoms with Gasteiger partial charge in [-0.2, -0.15) is 0 Å². The lowest BCUT2D eigenvalue weighted by atomic mass is 10.1. The van der Waals surface area contributed by atoms with Gasteiger partial charge in [0, 0.05) is 12.6 Å². The van der Waals surface area contributed by atoms with Crippen molar-refractivity contribution in [3.63, 3.8) is 0 Å². The van der Waals surface area contributed by atoms with Crippen molar-refractivity contribution in [2.24, 2.45) is 0 Å². The summed E-state index contributed by atoms with van der Waals surface area (Å²) in [5, 5.41) is 2.96. The van der Waals surface area contributed by atoms with Crippen molar-refractivity contribution in [2.45, 2.75) is 19.4 Å². The van der Waals surface area contributed by atoms with Crippen LogP contribution in [0.5, 0.6) is 0 Å². The van der Waals surface area contributed by atoms with E-state index in [1.54, 1.807) is 6.92 Å². The van der Waals surface area contributed by atoms with Crippen molar-refractivity contribution in [3.8, 4) is 0 Å². The monoisotopic (exact) mass is 226 g/mol. The molecule has 1 saturated heterocycles. The van der Waals surface area contributed by atoms with Crippen LogP contribution in [0, 0.1) is 18.6 Å². The van der Waals surface area contributed by atoms with Crippen LogP contribution in [0.1, 0.15) is 12.0 Å². The lowest BCUT2D eigenvalue weighted by Crippen LogP contribution is -2.24. The number of hydrogen-bond acceptors (Lipinski definition) is 2. The van der Waals surface area contributed by atoms with Crippen molar-refractivity contribution in [1.82, 2.24) is 4.90 Å². The first kappa shape index (κ1) is 11.3. The van der Waals surface area contributed by atoms with E-state index in [1.165, 1.54) is 12.1 Å². The van der Waals surface area contributed by atoms with E-state index in [0.29, 0.717) is 5.56 Å². The largest absolute Gasteiger partial charge is 0.376 e. The standard InChI is InChI=1S/C12H16F2N2/c1-8-3-4-10(13)12(11(8)14)15-9-5-6-16(2)7-9/h3-4,9,15H,5-7H2,1-2H3. The van der Waals surface area contributed by atoms with Crippen LogP contribution in [0.15, 0.2) is 12.1 Å². The van der Waals surface area contributed by atoms with Crippen molar-refractivity contribution in [1.29, 1.82) is 0 Å². The number of likely N-dealkylation sites (tertiary alicyclic amines) is 1.